The van der Waals surface area contributed by atoms with Gasteiger partial charge in [0.05, 0.1) is 29.8 Å². The molecule has 0 radical (unpaired) electrons. The van der Waals surface area contributed by atoms with E-state index in [1.54, 1.807) is 24.2 Å². The summed E-state index contributed by atoms with van der Waals surface area (Å²) in [5, 5.41) is 9.72. The monoisotopic (exact) mass is 367 g/mol. The van der Waals surface area contributed by atoms with Gasteiger partial charge in [-0.25, -0.2) is 4.39 Å². The van der Waals surface area contributed by atoms with Gasteiger partial charge < -0.3 is 14.7 Å². The number of carboxylic acid groups (broad SMARTS) is 1. The number of carbonyl (C=O) groups is 1. The molecule has 0 amide bonds. The van der Waals surface area contributed by atoms with Crippen LogP contribution in [0.1, 0.15) is 0 Å². The topological polar surface area (TPSA) is 65.9 Å². The number of rotatable bonds is 5. The first-order valence-electron chi connectivity index (χ1n) is 7.94. The van der Waals surface area contributed by atoms with Gasteiger partial charge in [0, 0.05) is 43.0 Å². The molecule has 6 nitrogen and oxygen atoms in total. The van der Waals surface area contributed by atoms with E-state index in [1.807, 2.05) is 6.07 Å². The third kappa shape index (κ3) is 4.18. The molecule has 1 aliphatic heterocycles. The van der Waals surface area contributed by atoms with Gasteiger partial charge in [-0.05, 0) is 19.2 Å². The number of anilines is 1. The Bertz CT molecular complexity index is 789. The molecule has 1 unspecified atom stereocenters. The number of carboxylic acids is 1. The lowest BCUT2D eigenvalue weighted by Gasteiger charge is -2.36. The molecule has 1 atom stereocenters. The van der Waals surface area contributed by atoms with Crippen LogP contribution in [0.4, 0.5) is 10.1 Å². The summed E-state index contributed by atoms with van der Waals surface area (Å²) in [6.45, 7) is 2.31. The van der Waals surface area contributed by atoms with E-state index in [2.05, 4.69) is 9.88 Å². The molecular weight excluding hydrogens is 349 g/mol. The van der Waals surface area contributed by atoms with E-state index in [0.717, 1.165) is 11.1 Å². The molecule has 3 rings (SSSR count). The minimum Gasteiger partial charge on any atom is -0.480 e. The number of hydrogen-bond acceptors (Lipinski definition) is 5. The van der Waals surface area contributed by atoms with Gasteiger partial charge in [-0.2, -0.15) is 0 Å². The SMILES string of the molecule is CN(CC(=O)O)CC1CN(c2ccnc3cc(F)c(Cl)cc23)CCO1. The fraction of sp³-hybridized carbons (Fsp3) is 0.412. The molecule has 1 fully saturated rings. The molecule has 1 aromatic heterocycles. The van der Waals surface area contributed by atoms with Crippen LogP contribution in [-0.2, 0) is 9.53 Å². The molecule has 25 heavy (non-hydrogen) atoms. The largest absolute Gasteiger partial charge is 0.480 e. The number of ether oxygens (including phenoxy) is 1. The summed E-state index contributed by atoms with van der Waals surface area (Å²) in [7, 11) is 1.75. The highest BCUT2D eigenvalue weighted by molar-refractivity contribution is 6.31. The van der Waals surface area contributed by atoms with Gasteiger partial charge in [0.2, 0.25) is 0 Å². The van der Waals surface area contributed by atoms with E-state index in [-0.39, 0.29) is 17.7 Å². The van der Waals surface area contributed by atoms with Crippen molar-refractivity contribution >= 4 is 34.2 Å². The molecule has 1 N–H and O–H groups in total. The van der Waals surface area contributed by atoms with Crippen LogP contribution in [-0.4, -0.2) is 66.9 Å². The van der Waals surface area contributed by atoms with E-state index in [9.17, 15) is 9.18 Å². The Morgan fingerprint density at radius 2 is 2.36 bits per heavy atom. The van der Waals surface area contributed by atoms with Gasteiger partial charge in [-0.15, -0.1) is 0 Å². The van der Waals surface area contributed by atoms with Crippen molar-refractivity contribution in [2.75, 3.05) is 44.7 Å². The average Bonchev–Trinajstić information content (AvgIpc) is 2.55. The maximum Gasteiger partial charge on any atom is 0.317 e. The fourth-order valence-electron chi connectivity index (χ4n) is 3.09. The number of hydrogen-bond donors (Lipinski definition) is 1. The smallest absolute Gasteiger partial charge is 0.317 e. The maximum atomic E-state index is 13.7. The molecule has 1 saturated heterocycles. The molecule has 134 valence electrons. The number of pyridine rings is 1. The van der Waals surface area contributed by atoms with Gasteiger partial charge in [-0.3, -0.25) is 14.7 Å². The summed E-state index contributed by atoms with van der Waals surface area (Å²) >= 11 is 5.94. The van der Waals surface area contributed by atoms with Crippen LogP contribution in [0.15, 0.2) is 24.4 Å². The lowest BCUT2D eigenvalue weighted by atomic mass is 10.1. The molecule has 0 bridgehead atoms. The van der Waals surface area contributed by atoms with Gasteiger partial charge in [0.25, 0.3) is 0 Å². The molecule has 2 heterocycles. The van der Waals surface area contributed by atoms with Crippen molar-refractivity contribution in [2.24, 2.45) is 0 Å². The summed E-state index contributed by atoms with van der Waals surface area (Å²) in [6, 6.07) is 4.80. The summed E-state index contributed by atoms with van der Waals surface area (Å²) in [5.41, 5.74) is 1.46. The van der Waals surface area contributed by atoms with E-state index in [4.69, 9.17) is 21.4 Å². The maximum absolute atomic E-state index is 13.7. The first-order chi connectivity index (χ1) is 11.9. The van der Waals surface area contributed by atoms with Crippen LogP contribution in [0.2, 0.25) is 5.02 Å². The zero-order valence-corrected chi connectivity index (χ0v) is 14.5. The first-order valence-corrected chi connectivity index (χ1v) is 8.32. The summed E-state index contributed by atoms with van der Waals surface area (Å²) in [4.78, 5) is 18.9. The van der Waals surface area contributed by atoms with Crippen molar-refractivity contribution in [3.8, 4) is 0 Å². The van der Waals surface area contributed by atoms with Gasteiger partial charge in [-0.1, -0.05) is 11.6 Å². The zero-order chi connectivity index (χ0) is 18.0. The van der Waals surface area contributed by atoms with Crippen LogP contribution in [0.3, 0.4) is 0 Å². The van der Waals surface area contributed by atoms with Crippen LogP contribution >= 0.6 is 11.6 Å². The second-order valence-electron chi connectivity index (χ2n) is 6.14. The molecule has 1 aliphatic rings. The third-order valence-corrected chi connectivity index (χ3v) is 4.45. The highest BCUT2D eigenvalue weighted by Gasteiger charge is 2.24. The number of aromatic nitrogens is 1. The molecule has 0 spiro atoms. The van der Waals surface area contributed by atoms with Crippen molar-refractivity contribution in [1.82, 2.24) is 9.88 Å². The minimum absolute atomic E-state index is 0.0348. The summed E-state index contributed by atoms with van der Waals surface area (Å²) < 4.78 is 19.4. The van der Waals surface area contributed by atoms with Crippen LogP contribution < -0.4 is 4.90 Å². The fourth-order valence-corrected chi connectivity index (χ4v) is 3.26. The summed E-state index contributed by atoms with van der Waals surface area (Å²) in [6.07, 6.45) is 1.53. The number of likely N-dealkylation sites (N-methyl/N-ethyl adjacent to an activating group) is 1. The van der Waals surface area contributed by atoms with Crippen LogP contribution in [0.5, 0.6) is 0 Å². The Kier molecular flexibility index (Phi) is 5.36. The number of benzene rings is 1. The third-order valence-electron chi connectivity index (χ3n) is 4.16. The van der Waals surface area contributed by atoms with Gasteiger partial charge >= 0.3 is 5.97 Å². The highest BCUT2D eigenvalue weighted by Crippen LogP contribution is 2.30. The molecular formula is C17H19ClFN3O3. The zero-order valence-electron chi connectivity index (χ0n) is 13.8. The lowest BCUT2D eigenvalue weighted by molar-refractivity contribution is -0.138. The molecule has 0 aliphatic carbocycles. The van der Waals surface area contributed by atoms with Crippen LogP contribution in [0, 0.1) is 5.82 Å². The number of morpholine rings is 1. The first kappa shape index (κ1) is 17.8. The Balaban J connectivity index is 1.81. The standard InChI is InChI=1S/C17H19ClFN3O3/c1-21(10-17(23)24)8-11-9-22(4-5-25-11)16-2-3-20-15-7-14(19)13(18)6-12(15)16/h2-3,6-7,11H,4-5,8-10H2,1H3,(H,23,24). The molecule has 2 aromatic rings. The quantitative estimate of drug-likeness (QED) is 0.874. The van der Waals surface area contributed by atoms with Crippen molar-refractivity contribution < 1.29 is 19.0 Å². The van der Waals surface area contributed by atoms with Crippen molar-refractivity contribution in [2.45, 2.75) is 6.10 Å². The molecule has 1 aromatic carbocycles. The van der Waals surface area contributed by atoms with Gasteiger partial charge in [0.1, 0.15) is 5.82 Å². The lowest BCUT2D eigenvalue weighted by Crippen LogP contribution is -2.47. The van der Waals surface area contributed by atoms with Crippen molar-refractivity contribution in [3.05, 3.63) is 35.2 Å². The van der Waals surface area contributed by atoms with Crippen molar-refractivity contribution in [1.29, 1.82) is 0 Å². The Labute approximate surface area is 149 Å². The normalized spacial score (nSPS) is 18.1. The Hall–Kier alpha value is -1.96. The predicted octanol–water partition coefficient (Wildman–Crippen LogP) is 2.25. The second kappa shape index (κ2) is 7.51. The number of aliphatic carboxylic acids is 1. The Morgan fingerprint density at radius 3 is 3.12 bits per heavy atom. The second-order valence-corrected chi connectivity index (χ2v) is 6.55. The van der Waals surface area contributed by atoms with Crippen molar-refractivity contribution in [3.63, 3.8) is 0 Å². The molecule has 0 saturated carbocycles. The Morgan fingerprint density at radius 1 is 1.56 bits per heavy atom. The van der Waals surface area contributed by atoms with Crippen LogP contribution in [0.25, 0.3) is 10.9 Å². The van der Waals surface area contributed by atoms with E-state index < -0.39 is 11.8 Å². The number of nitrogens with zero attached hydrogens (tertiary/aromatic N) is 3. The van der Waals surface area contributed by atoms with E-state index >= 15 is 0 Å². The minimum atomic E-state index is -0.869. The highest BCUT2D eigenvalue weighted by atomic mass is 35.5. The average molecular weight is 368 g/mol. The van der Waals surface area contributed by atoms with E-state index in [1.165, 1.54) is 6.07 Å². The molecule has 8 heteroatoms. The number of halogens is 2. The predicted molar refractivity (Wildman–Crippen MR) is 93.8 cm³/mol. The summed E-state index contributed by atoms with van der Waals surface area (Å²) in [5.74, 6) is -1.36. The van der Waals surface area contributed by atoms with Gasteiger partial charge in [0.15, 0.2) is 0 Å². The van der Waals surface area contributed by atoms with E-state index in [0.29, 0.717) is 31.8 Å². The number of fused-ring (bicyclic) bond motifs is 1.